The Kier molecular flexibility index (Phi) is 5.48. The zero-order chi connectivity index (χ0) is 21.4. The summed E-state index contributed by atoms with van der Waals surface area (Å²) in [5, 5.41) is 2.47. The molecule has 0 saturated heterocycles. The van der Waals surface area contributed by atoms with Gasteiger partial charge in [-0.25, -0.2) is 26.9 Å². The van der Waals surface area contributed by atoms with Gasteiger partial charge in [-0.1, -0.05) is 11.6 Å². The monoisotopic (exact) mass is 432 g/mol. The molecule has 0 bridgehead atoms. The standard InChI is InChI=1S/C18H14ClF5N4O/c19-9-1-2-13(26-7-9)16(29)27-10-5-11(15(22)12(21)6-10)17(8-20)18(23,24)4-3-14(25)28-17/h1-2,5-7H,3-4,8H2,(H2,25,28)(H,27,29). The van der Waals surface area contributed by atoms with Crippen LogP contribution < -0.4 is 11.1 Å². The van der Waals surface area contributed by atoms with E-state index in [-0.39, 0.29) is 28.7 Å². The summed E-state index contributed by atoms with van der Waals surface area (Å²) in [6.45, 7) is -1.83. The van der Waals surface area contributed by atoms with Gasteiger partial charge in [0.2, 0.25) is 0 Å². The normalized spacial score (nSPS) is 20.8. The molecule has 1 atom stereocenters. The molecule has 1 aromatic heterocycles. The molecule has 3 rings (SSSR count). The van der Waals surface area contributed by atoms with Gasteiger partial charge in [0, 0.05) is 36.4 Å². The second kappa shape index (κ2) is 7.58. The van der Waals surface area contributed by atoms with Crippen molar-refractivity contribution in [2.24, 2.45) is 10.7 Å². The van der Waals surface area contributed by atoms with Gasteiger partial charge in [-0.05, 0) is 18.2 Å². The van der Waals surface area contributed by atoms with Crippen molar-refractivity contribution >= 4 is 29.0 Å². The van der Waals surface area contributed by atoms with E-state index < -0.39 is 47.7 Å². The molecule has 11 heteroatoms. The zero-order valence-electron chi connectivity index (χ0n) is 14.7. The van der Waals surface area contributed by atoms with Crippen LogP contribution in [0.15, 0.2) is 35.5 Å². The number of pyridine rings is 1. The van der Waals surface area contributed by atoms with Crippen molar-refractivity contribution in [3.8, 4) is 0 Å². The number of nitrogens with two attached hydrogens (primary N) is 1. The summed E-state index contributed by atoms with van der Waals surface area (Å²) in [5.74, 6) is -8.26. The smallest absolute Gasteiger partial charge is 0.280 e. The number of rotatable bonds is 4. The van der Waals surface area contributed by atoms with Crippen molar-refractivity contribution in [3.05, 3.63) is 58.4 Å². The van der Waals surface area contributed by atoms with Gasteiger partial charge in [-0.2, -0.15) is 0 Å². The fraction of sp³-hybridized carbons (Fsp3) is 0.278. The van der Waals surface area contributed by atoms with Crippen LogP contribution in [0.1, 0.15) is 28.9 Å². The number of nitrogens with one attached hydrogen (secondary N) is 1. The third kappa shape index (κ3) is 3.76. The molecule has 0 spiro atoms. The van der Waals surface area contributed by atoms with Gasteiger partial charge in [0.15, 0.2) is 17.2 Å². The van der Waals surface area contributed by atoms with Crippen LogP contribution in [-0.4, -0.2) is 29.3 Å². The molecule has 2 heterocycles. The molecule has 1 amide bonds. The average molecular weight is 433 g/mol. The van der Waals surface area contributed by atoms with Crippen LogP contribution >= 0.6 is 11.6 Å². The SMILES string of the molecule is NC1=NC(CF)(c2cc(NC(=O)c3ccc(Cl)cn3)cc(F)c2F)C(F)(F)CC1. The van der Waals surface area contributed by atoms with Gasteiger partial charge in [-0.3, -0.25) is 9.79 Å². The fourth-order valence-electron chi connectivity index (χ4n) is 3.00. The third-order valence-electron chi connectivity index (χ3n) is 4.52. The molecule has 1 aliphatic heterocycles. The number of aliphatic imine (C=N–C) groups is 1. The Labute approximate surface area is 166 Å². The van der Waals surface area contributed by atoms with Gasteiger partial charge in [0.25, 0.3) is 11.8 Å². The van der Waals surface area contributed by atoms with E-state index in [0.717, 1.165) is 0 Å². The summed E-state index contributed by atoms with van der Waals surface area (Å²) in [6, 6.07) is 3.93. The first kappa shape index (κ1) is 21.0. The van der Waals surface area contributed by atoms with Crippen LogP contribution in [0, 0.1) is 11.6 Å². The van der Waals surface area contributed by atoms with Crippen LogP contribution in [0.25, 0.3) is 0 Å². The van der Waals surface area contributed by atoms with Crippen LogP contribution in [0.2, 0.25) is 5.02 Å². The lowest BCUT2D eigenvalue weighted by atomic mass is 9.80. The van der Waals surface area contributed by atoms with Crippen molar-refractivity contribution in [2.45, 2.75) is 24.3 Å². The largest absolute Gasteiger partial charge is 0.387 e. The van der Waals surface area contributed by atoms with E-state index in [1.165, 1.54) is 18.3 Å². The number of anilines is 1. The van der Waals surface area contributed by atoms with E-state index in [0.29, 0.717) is 12.1 Å². The minimum Gasteiger partial charge on any atom is -0.387 e. The van der Waals surface area contributed by atoms with Gasteiger partial charge in [0.05, 0.1) is 10.9 Å². The first-order valence-corrected chi connectivity index (χ1v) is 8.68. The number of alkyl halides is 3. The summed E-state index contributed by atoms with van der Waals surface area (Å²) in [5.41, 5.74) is 0.888. The molecule has 0 radical (unpaired) electrons. The summed E-state index contributed by atoms with van der Waals surface area (Å²) >= 11 is 5.68. The molecule has 1 aliphatic rings. The van der Waals surface area contributed by atoms with Crippen molar-refractivity contribution in [3.63, 3.8) is 0 Å². The Bertz CT molecular complexity index is 983. The van der Waals surface area contributed by atoms with Gasteiger partial charge >= 0.3 is 0 Å². The third-order valence-corrected chi connectivity index (χ3v) is 4.74. The molecule has 1 unspecified atom stereocenters. The highest BCUT2D eigenvalue weighted by Crippen LogP contribution is 2.48. The lowest BCUT2D eigenvalue weighted by Crippen LogP contribution is -2.51. The topological polar surface area (TPSA) is 80.4 Å². The van der Waals surface area contributed by atoms with E-state index >= 15 is 0 Å². The van der Waals surface area contributed by atoms with E-state index in [1.807, 2.05) is 0 Å². The van der Waals surface area contributed by atoms with Crippen molar-refractivity contribution < 1.29 is 26.7 Å². The first-order valence-electron chi connectivity index (χ1n) is 8.30. The summed E-state index contributed by atoms with van der Waals surface area (Å²) < 4.78 is 71.6. The van der Waals surface area contributed by atoms with Gasteiger partial charge in [0.1, 0.15) is 12.4 Å². The minimum atomic E-state index is -3.84. The Morgan fingerprint density at radius 2 is 2.00 bits per heavy atom. The number of hydrogen-bond donors (Lipinski definition) is 2. The van der Waals surface area contributed by atoms with Gasteiger partial charge in [-0.15, -0.1) is 0 Å². The molecule has 5 nitrogen and oxygen atoms in total. The maximum absolute atomic E-state index is 14.6. The lowest BCUT2D eigenvalue weighted by molar-refractivity contribution is -0.0960. The van der Waals surface area contributed by atoms with E-state index in [9.17, 15) is 26.7 Å². The number of aromatic nitrogens is 1. The summed E-state index contributed by atoms with van der Waals surface area (Å²) in [4.78, 5) is 19.5. The van der Waals surface area contributed by atoms with Crippen molar-refractivity contribution in [2.75, 3.05) is 12.0 Å². The molecule has 29 heavy (non-hydrogen) atoms. The predicted octanol–water partition coefficient (Wildman–Crippen LogP) is 4.22. The Morgan fingerprint density at radius 1 is 1.28 bits per heavy atom. The van der Waals surface area contributed by atoms with E-state index in [1.54, 1.807) is 0 Å². The fourth-order valence-corrected chi connectivity index (χ4v) is 3.11. The number of halogens is 6. The highest BCUT2D eigenvalue weighted by Gasteiger charge is 2.58. The van der Waals surface area contributed by atoms with Crippen molar-refractivity contribution in [1.82, 2.24) is 4.98 Å². The molecule has 0 saturated carbocycles. The molecule has 1 aromatic carbocycles. The Balaban J connectivity index is 2.07. The Hall–Kier alpha value is -2.75. The number of hydrogen-bond acceptors (Lipinski definition) is 4. The maximum atomic E-state index is 14.6. The molecule has 0 fully saturated rings. The first-order chi connectivity index (χ1) is 13.6. The minimum absolute atomic E-state index is 0.119. The average Bonchev–Trinajstić information content (AvgIpc) is 2.67. The van der Waals surface area contributed by atoms with E-state index in [4.69, 9.17) is 17.3 Å². The highest BCUT2D eigenvalue weighted by atomic mass is 35.5. The highest BCUT2D eigenvalue weighted by molar-refractivity contribution is 6.30. The number of amides is 1. The summed E-state index contributed by atoms with van der Waals surface area (Å²) in [6.07, 6.45) is -0.0264. The zero-order valence-corrected chi connectivity index (χ0v) is 15.4. The van der Waals surface area contributed by atoms with Crippen LogP contribution in [-0.2, 0) is 5.54 Å². The van der Waals surface area contributed by atoms with Crippen molar-refractivity contribution in [1.29, 1.82) is 0 Å². The number of benzene rings is 1. The predicted molar refractivity (Wildman–Crippen MR) is 97.0 cm³/mol. The molecule has 0 aliphatic carbocycles. The Morgan fingerprint density at radius 3 is 2.62 bits per heavy atom. The molecular formula is C18H14ClF5N4O. The quantitative estimate of drug-likeness (QED) is 0.710. The number of amidine groups is 1. The molecule has 154 valence electrons. The van der Waals surface area contributed by atoms with Crippen LogP contribution in [0.3, 0.4) is 0 Å². The lowest BCUT2D eigenvalue weighted by Gasteiger charge is -2.39. The van der Waals surface area contributed by atoms with E-state index in [2.05, 4.69) is 15.3 Å². The number of nitrogens with zero attached hydrogens (tertiary/aromatic N) is 2. The van der Waals surface area contributed by atoms with Crippen LogP contribution in [0.5, 0.6) is 0 Å². The maximum Gasteiger partial charge on any atom is 0.280 e. The molecular weight excluding hydrogens is 419 g/mol. The number of carbonyl (C=O) groups is 1. The number of carbonyl (C=O) groups excluding carboxylic acids is 1. The molecule has 2 aromatic rings. The second-order valence-electron chi connectivity index (χ2n) is 6.44. The second-order valence-corrected chi connectivity index (χ2v) is 6.87. The van der Waals surface area contributed by atoms with Crippen LogP contribution in [0.4, 0.5) is 27.6 Å². The summed E-state index contributed by atoms with van der Waals surface area (Å²) in [7, 11) is 0. The molecule has 3 N–H and O–H groups in total. The van der Waals surface area contributed by atoms with Gasteiger partial charge < -0.3 is 11.1 Å².